The van der Waals surface area contributed by atoms with Crippen LogP contribution >= 0.6 is 11.6 Å². The molecule has 0 saturated carbocycles. The Morgan fingerprint density at radius 3 is 2.71 bits per heavy atom. The zero-order valence-electron chi connectivity index (χ0n) is 10.6. The van der Waals surface area contributed by atoms with Crippen molar-refractivity contribution in [2.75, 3.05) is 26.7 Å². The number of aryl methyl sites for hydroxylation is 1. The highest BCUT2D eigenvalue weighted by Crippen LogP contribution is 2.24. The molecule has 1 aromatic carbocycles. The maximum absolute atomic E-state index is 5.92. The van der Waals surface area contributed by atoms with Crippen molar-refractivity contribution in [3.05, 3.63) is 28.8 Å². The van der Waals surface area contributed by atoms with Gasteiger partial charge in [-0.05, 0) is 69.6 Å². The second kappa shape index (κ2) is 5.74. The lowest BCUT2D eigenvalue weighted by atomic mass is 9.98. The molecular formula is C14H20ClNO. The highest BCUT2D eigenvalue weighted by atomic mass is 35.5. The lowest BCUT2D eigenvalue weighted by Gasteiger charge is -2.28. The number of piperidine rings is 1. The Bertz CT molecular complexity index is 372. The van der Waals surface area contributed by atoms with Crippen molar-refractivity contribution in [3.8, 4) is 5.75 Å². The van der Waals surface area contributed by atoms with E-state index in [0.717, 1.165) is 22.9 Å². The maximum atomic E-state index is 5.92. The number of likely N-dealkylation sites (tertiary alicyclic amines) is 1. The van der Waals surface area contributed by atoms with E-state index >= 15 is 0 Å². The second-order valence-corrected chi connectivity index (χ2v) is 5.40. The number of halogens is 1. The van der Waals surface area contributed by atoms with E-state index in [1.807, 2.05) is 25.1 Å². The van der Waals surface area contributed by atoms with Gasteiger partial charge in [-0.1, -0.05) is 11.6 Å². The predicted octanol–water partition coefficient (Wildman–Crippen LogP) is 3.37. The summed E-state index contributed by atoms with van der Waals surface area (Å²) in [6.45, 7) is 5.24. The van der Waals surface area contributed by atoms with Crippen LogP contribution in [0, 0.1) is 12.8 Å². The Morgan fingerprint density at radius 1 is 1.35 bits per heavy atom. The summed E-state index contributed by atoms with van der Waals surface area (Å²) >= 11 is 5.92. The topological polar surface area (TPSA) is 12.5 Å². The normalized spacial score (nSPS) is 18.3. The lowest BCUT2D eigenvalue weighted by Crippen LogP contribution is -2.32. The summed E-state index contributed by atoms with van der Waals surface area (Å²) in [5, 5.41) is 0.772. The first-order valence-electron chi connectivity index (χ1n) is 6.22. The number of benzene rings is 1. The Hall–Kier alpha value is -0.730. The molecule has 1 fully saturated rings. The van der Waals surface area contributed by atoms with Gasteiger partial charge in [0, 0.05) is 5.02 Å². The van der Waals surface area contributed by atoms with Gasteiger partial charge in [0.05, 0.1) is 6.61 Å². The van der Waals surface area contributed by atoms with Gasteiger partial charge in [0.15, 0.2) is 0 Å². The fourth-order valence-electron chi connectivity index (χ4n) is 2.21. The standard InChI is InChI=1S/C14H20ClNO/c1-11-9-13(15)3-4-14(11)17-10-12-5-7-16(2)8-6-12/h3-4,9,12H,5-8,10H2,1-2H3. The van der Waals surface area contributed by atoms with Gasteiger partial charge < -0.3 is 9.64 Å². The molecule has 0 atom stereocenters. The summed E-state index contributed by atoms with van der Waals surface area (Å²) in [6, 6.07) is 5.80. The molecule has 0 amide bonds. The first kappa shape index (κ1) is 12.7. The average molecular weight is 254 g/mol. The van der Waals surface area contributed by atoms with Crippen molar-refractivity contribution in [1.82, 2.24) is 4.90 Å². The average Bonchev–Trinajstić information content (AvgIpc) is 2.30. The number of hydrogen-bond donors (Lipinski definition) is 0. The summed E-state index contributed by atoms with van der Waals surface area (Å²) in [4.78, 5) is 2.38. The van der Waals surface area contributed by atoms with Crippen LogP contribution in [0.2, 0.25) is 5.02 Å². The third-order valence-corrected chi connectivity index (χ3v) is 3.68. The van der Waals surface area contributed by atoms with Crippen molar-refractivity contribution in [1.29, 1.82) is 0 Å². The molecule has 94 valence electrons. The molecule has 1 aromatic rings. The van der Waals surface area contributed by atoms with Crippen molar-refractivity contribution in [3.63, 3.8) is 0 Å². The molecule has 0 N–H and O–H groups in total. The second-order valence-electron chi connectivity index (χ2n) is 4.97. The Kier molecular flexibility index (Phi) is 4.30. The molecule has 3 heteroatoms. The Labute approximate surface area is 109 Å². The lowest BCUT2D eigenvalue weighted by molar-refractivity contribution is 0.159. The Balaban J connectivity index is 1.85. The van der Waals surface area contributed by atoms with Crippen LogP contribution in [0.15, 0.2) is 18.2 Å². The molecule has 1 heterocycles. The van der Waals surface area contributed by atoms with Crippen LogP contribution < -0.4 is 4.74 Å². The van der Waals surface area contributed by atoms with Crippen LogP contribution in [-0.4, -0.2) is 31.6 Å². The number of hydrogen-bond acceptors (Lipinski definition) is 2. The van der Waals surface area contributed by atoms with Gasteiger partial charge in [0.2, 0.25) is 0 Å². The number of rotatable bonds is 3. The zero-order valence-corrected chi connectivity index (χ0v) is 11.3. The Morgan fingerprint density at radius 2 is 2.06 bits per heavy atom. The monoisotopic (exact) mass is 253 g/mol. The van der Waals surface area contributed by atoms with Gasteiger partial charge in [-0.15, -0.1) is 0 Å². The first-order chi connectivity index (χ1) is 8.15. The predicted molar refractivity (Wildman–Crippen MR) is 71.9 cm³/mol. The molecule has 1 saturated heterocycles. The minimum Gasteiger partial charge on any atom is -0.493 e. The highest BCUT2D eigenvalue weighted by Gasteiger charge is 2.17. The van der Waals surface area contributed by atoms with Gasteiger partial charge in [-0.25, -0.2) is 0 Å². The van der Waals surface area contributed by atoms with Gasteiger partial charge >= 0.3 is 0 Å². The third kappa shape index (κ3) is 3.62. The molecule has 0 aliphatic carbocycles. The molecule has 0 aromatic heterocycles. The molecule has 17 heavy (non-hydrogen) atoms. The van der Waals surface area contributed by atoms with E-state index in [1.54, 1.807) is 0 Å². The van der Waals surface area contributed by atoms with Gasteiger partial charge in [0.25, 0.3) is 0 Å². The minimum absolute atomic E-state index is 0.696. The number of ether oxygens (including phenoxy) is 1. The molecule has 2 rings (SSSR count). The van der Waals surface area contributed by atoms with Gasteiger partial charge in [-0.3, -0.25) is 0 Å². The van der Waals surface area contributed by atoms with Crippen LogP contribution in [0.3, 0.4) is 0 Å². The van der Waals surface area contributed by atoms with Crippen molar-refractivity contribution in [2.24, 2.45) is 5.92 Å². The van der Waals surface area contributed by atoms with Crippen molar-refractivity contribution < 1.29 is 4.74 Å². The zero-order chi connectivity index (χ0) is 12.3. The summed E-state index contributed by atoms with van der Waals surface area (Å²) in [5.41, 5.74) is 1.12. The fourth-order valence-corrected chi connectivity index (χ4v) is 2.44. The summed E-state index contributed by atoms with van der Waals surface area (Å²) < 4.78 is 5.89. The van der Waals surface area contributed by atoms with Crippen LogP contribution in [0.5, 0.6) is 5.75 Å². The van der Waals surface area contributed by atoms with Crippen LogP contribution in [0.4, 0.5) is 0 Å². The first-order valence-corrected chi connectivity index (χ1v) is 6.60. The van der Waals surface area contributed by atoms with Crippen LogP contribution in [-0.2, 0) is 0 Å². The van der Waals surface area contributed by atoms with E-state index in [4.69, 9.17) is 16.3 Å². The van der Waals surface area contributed by atoms with E-state index < -0.39 is 0 Å². The molecule has 0 unspecified atom stereocenters. The molecule has 0 radical (unpaired) electrons. The summed E-state index contributed by atoms with van der Waals surface area (Å²) in [6.07, 6.45) is 2.48. The highest BCUT2D eigenvalue weighted by molar-refractivity contribution is 6.30. The largest absolute Gasteiger partial charge is 0.493 e. The quantitative estimate of drug-likeness (QED) is 0.819. The van der Waals surface area contributed by atoms with Gasteiger partial charge in [0.1, 0.15) is 5.75 Å². The molecule has 2 nitrogen and oxygen atoms in total. The molecular weight excluding hydrogens is 234 g/mol. The fraction of sp³-hybridized carbons (Fsp3) is 0.571. The summed E-state index contributed by atoms with van der Waals surface area (Å²) in [7, 11) is 2.18. The van der Waals surface area contributed by atoms with E-state index in [-0.39, 0.29) is 0 Å². The van der Waals surface area contributed by atoms with E-state index in [1.165, 1.54) is 25.9 Å². The molecule has 1 aliphatic rings. The number of nitrogens with zero attached hydrogens (tertiary/aromatic N) is 1. The van der Waals surface area contributed by atoms with Crippen LogP contribution in [0.25, 0.3) is 0 Å². The molecule has 1 aliphatic heterocycles. The van der Waals surface area contributed by atoms with E-state index in [2.05, 4.69) is 11.9 Å². The van der Waals surface area contributed by atoms with E-state index in [0.29, 0.717) is 5.92 Å². The van der Waals surface area contributed by atoms with Crippen molar-refractivity contribution in [2.45, 2.75) is 19.8 Å². The van der Waals surface area contributed by atoms with E-state index in [9.17, 15) is 0 Å². The maximum Gasteiger partial charge on any atom is 0.122 e. The minimum atomic E-state index is 0.696. The summed E-state index contributed by atoms with van der Waals surface area (Å²) in [5.74, 6) is 1.66. The van der Waals surface area contributed by atoms with Crippen molar-refractivity contribution >= 4 is 11.6 Å². The third-order valence-electron chi connectivity index (χ3n) is 3.45. The van der Waals surface area contributed by atoms with Crippen LogP contribution in [0.1, 0.15) is 18.4 Å². The van der Waals surface area contributed by atoms with Gasteiger partial charge in [-0.2, -0.15) is 0 Å². The molecule has 0 spiro atoms. The SMILES string of the molecule is Cc1cc(Cl)ccc1OCC1CCN(C)CC1. The smallest absolute Gasteiger partial charge is 0.122 e. The molecule has 0 bridgehead atoms.